The van der Waals surface area contributed by atoms with E-state index in [1.807, 2.05) is 0 Å². The Bertz CT molecular complexity index is 840. The fraction of sp³-hybridized carbons (Fsp3) is 0.125. The minimum atomic E-state index is -1.13. The topological polar surface area (TPSA) is 125 Å². The Balaban J connectivity index is 2.06. The second kappa shape index (κ2) is 7.63. The van der Waals surface area contributed by atoms with E-state index in [4.69, 9.17) is 22.1 Å². The fourth-order valence-electron chi connectivity index (χ4n) is 1.92. The van der Waals surface area contributed by atoms with E-state index in [1.165, 1.54) is 13.0 Å². The van der Waals surface area contributed by atoms with Gasteiger partial charge >= 0.3 is 5.97 Å². The number of amides is 1. The number of nitro groups is 1. The van der Waals surface area contributed by atoms with Crippen molar-refractivity contribution in [2.45, 2.75) is 13.0 Å². The predicted octanol–water partition coefficient (Wildman–Crippen LogP) is 3.01. The Morgan fingerprint density at radius 2 is 1.96 bits per heavy atom. The van der Waals surface area contributed by atoms with E-state index in [0.29, 0.717) is 10.7 Å². The van der Waals surface area contributed by atoms with Crippen LogP contribution in [0.25, 0.3) is 0 Å². The van der Waals surface area contributed by atoms with Crippen molar-refractivity contribution < 1.29 is 19.2 Å². The molecule has 130 valence electrons. The van der Waals surface area contributed by atoms with Gasteiger partial charge in [0.1, 0.15) is 0 Å². The van der Waals surface area contributed by atoms with E-state index in [-0.39, 0.29) is 16.9 Å². The number of nitrogen functional groups attached to an aromatic ring is 1. The lowest BCUT2D eigenvalue weighted by Gasteiger charge is -2.14. The van der Waals surface area contributed by atoms with E-state index in [0.717, 1.165) is 12.1 Å². The van der Waals surface area contributed by atoms with Crippen LogP contribution in [-0.4, -0.2) is 22.9 Å². The molecule has 0 saturated carbocycles. The first kappa shape index (κ1) is 18.2. The lowest BCUT2D eigenvalue weighted by Crippen LogP contribution is -2.30. The summed E-state index contributed by atoms with van der Waals surface area (Å²) in [4.78, 5) is 34.2. The number of nitrogens with zero attached hydrogens (tertiary/aromatic N) is 1. The molecule has 0 aromatic heterocycles. The predicted molar refractivity (Wildman–Crippen MR) is 92.5 cm³/mol. The molecule has 0 spiro atoms. The summed E-state index contributed by atoms with van der Waals surface area (Å²) in [6, 6.07) is 9.95. The number of nitrogens with one attached hydrogen (secondary N) is 1. The number of para-hydroxylation sites is 1. The Morgan fingerprint density at radius 1 is 1.28 bits per heavy atom. The number of esters is 1. The summed E-state index contributed by atoms with van der Waals surface area (Å²) in [6.45, 7) is 1.38. The number of hydrogen-bond acceptors (Lipinski definition) is 6. The first-order valence-electron chi connectivity index (χ1n) is 7.10. The van der Waals surface area contributed by atoms with Crippen molar-refractivity contribution in [2.24, 2.45) is 0 Å². The molecule has 9 heteroatoms. The van der Waals surface area contributed by atoms with E-state index in [2.05, 4.69) is 5.32 Å². The maximum absolute atomic E-state index is 12.1. The SMILES string of the molecule is C[C@H](OC(=O)c1ccc([N+](=O)[O-])cc1N)C(=O)Nc1ccccc1Cl. The van der Waals surface area contributed by atoms with Crippen LogP contribution in [-0.2, 0) is 9.53 Å². The van der Waals surface area contributed by atoms with Crippen molar-refractivity contribution in [3.8, 4) is 0 Å². The highest BCUT2D eigenvalue weighted by atomic mass is 35.5. The van der Waals surface area contributed by atoms with E-state index in [9.17, 15) is 19.7 Å². The largest absolute Gasteiger partial charge is 0.449 e. The van der Waals surface area contributed by atoms with Crippen LogP contribution in [0.3, 0.4) is 0 Å². The van der Waals surface area contributed by atoms with Crippen LogP contribution in [0.2, 0.25) is 5.02 Å². The summed E-state index contributed by atoms with van der Waals surface area (Å²) >= 11 is 5.94. The van der Waals surface area contributed by atoms with Gasteiger partial charge in [-0.2, -0.15) is 0 Å². The van der Waals surface area contributed by atoms with Gasteiger partial charge in [-0.05, 0) is 25.1 Å². The average Bonchev–Trinajstić information content (AvgIpc) is 2.56. The number of carbonyl (C=O) groups is 2. The molecule has 1 atom stereocenters. The van der Waals surface area contributed by atoms with Crippen LogP contribution in [0.15, 0.2) is 42.5 Å². The number of nitro benzene ring substituents is 1. The molecule has 2 aromatic carbocycles. The summed E-state index contributed by atoms with van der Waals surface area (Å²) < 4.78 is 5.05. The van der Waals surface area contributed by atoms with Crippen LogP contribution >= 0.6 is 11.6 Å². The highest BCUT2D eigenvalue weighted by Gasteiger charge is 2.22. The lowest BCUT2D eigenvalue weighted by atomic mass is 10.1. The van der Waals surface area contributed by atoms with Crippen molar-refractivity contribution in [3.63, 3.8) is 0 Å². The molecule has 0 fully saturated rings. The Kier molecular flexibility index (Phi) is 5.56. The molecule has 3 N–H and O–H groups in total. The molecular weight excluding hydrogens is 350 g/mol. The van der Waals surface area contributed by atoms with Gasteiger partial charge < -0.3 is 15.8 Å². The molecule has 8 nitrogen and oxygen atoms in total. The highest BCUT2D eigenvalue weighted by molar-refractivity contribution is 6.33. The zero-order valence-corrected chi connectivity index (χ0v) is 13.8. The van der Waals surface area contributed by atoms with Gasteiger partial charge in [0.25, 0.3) is 11.6 Å². The van der Waals surface area contributed by atoms with Gasteiger partial charge in [-0.1, -0.05) is 23.7 Å². The number of nitrogens with two attached hydrogens (primary N) is 1. The molecule has 0 aliphatic carbocycles. The standard InChI is InChI=1S/C16H14ClN3O5/c1-9(15(21)19-14-5-3-2-4-12(14)17)25-16(22)11-7-6-10(20(23)24)8-13(11)18/h2-9H,18H2,1H3,(H,19,21)/t9-/m0/s1. The van der Waals surface area contributed by atoms with E-state index in [1.54, 1.807) is 24.3 Å². The Hall–Kier alpha value is -3.13. The molecule has 0 saturated heterocycles. The van der Waals surface area contributed by atoms with Crippen LogP contribution in [0.1, 0.15) is 17.3 Å². The number of halogens is 1. The third kappa shape index (κ3) is 4.45. The van der Waals surface area contributed by atoms with Crippen molar-refractivity contribution >= 4 is 40.5 Å². The number of benzene rings is 2. The number of carbonyl (C=O) groups excluding carboxylic acids is 2. The molecule has 2 aromatic rings. The zero-order valence-electron chi connectivity index (χ0n) is 13.1. The summed E-state index contributed by atoms with van der Waals surface area (Å²) in [5.74, 6) is -1.45. The van der Waals surface area contributed by atoms with Gasteiger partial charge in [-0.15, -0.1) is 0 Å². The number of rotatable bonds is 5. The normalized spacial score (nSPS) is 11.4. The second-order valence-corrected chi connectivity index (χ2v) is 5.45. The third-order valence-electron chi connectivity index (χ3n) is 3.25. The Labute approximate surface area is 147 Å². The van der Waals surface area contributed by atoms with Crippen molar-refractivity contribution in [2.75, 3.05) is 11.1 Å². The fourth-order valence-corrected chi connectivity index (χ4v) is 2.11. The number of anilines is 2. The molecule has 0 aliphatic heterocycles. The third-order valence-corrected chi connectivity index (χ3v) is 3.58. The second-order valence-electron chi connectivity index (χ2n) is 5.05. The minimum absolute atomic E-state index is 0.0667. The summed E-state index contributed by atoms with van der Waals surface area (Å²) in [5.41, 5.74) is 5.58. The van der Waals surface area contributed by atoms with Crippen molar-refractivity contribution in [1.29, 1.82) is 0 Å². The number of hydrogen-bond donors (Lipinski definition) is 2. The van der Waals surface area contributed by atoms with Crippen LogP contribution in [0.5, 0.6) is 0 Å². The molecule has 0 bridgehead atoms. The molecular formula is C16H14ClN3O5. The minimum Gasteiger partial charge on any atom is -0.449 e. The monoisotopic (exact) mass is 363 g/mol. The number of non-ortho nitro benzene ring substituents is 1. The maximum atomic E-state index is 12.1. The smallest absolute Gasteiger partial charge is 0.341 e. The van der Waals surface area contributed by atoms with Gasteiger partial charge in [0, 0.05) is 12.1 Å². The quantitative estimate of drug-likeness (QED) is 0.364. The molecule has 0 unspecified atom stereocenters. The summed E-state index contributed by atoms with van der Waals surface area (Å²) in [5, 5.41) is 13.6. The first-order chi connectivity index (χ1) is 11.8. The average molecular weight is 364 g/mol. The van der Waals surface area contributed by atoms with Gasteiger partial charge in [-0.25, -0.2) is 4.79 Å². The van der Waals surface area contributed by atoms with Crippen LogP contribution in [0.4, 0.5) is 17.1 Å². The summed E-state index contributed by atoms with van der Waals surface area (Å²) in [7, 11) is 0. The lowest BCUT2D eigenvalue weighted by molar-refractivity contribution is -0.384. The zero-order chi connectivity index (χ0) is 18.6. The van der Waals surface area contributed by atoms with Gasteiger partial charge in [0.05, 0.1) is 26.9 Å². The van der Waals surface area contributed by atoms with E-state index < -0.39 is 22.9 Å². The maximum Gasteiger partial charge on any atom is 0.341 e. The molecule has 0 heterocycles. The molecule has 0 radical (unpaired) electrons. The van der Waals surface area contributed by atoms with Gasteiger partial charge in [0.2, 0.25) is 0 Å². The first-order valence-corrected chi connectivity index (χ1v) is 7.47. The van der Waals surface area contributed by atoms with Crippen molar-refractivity contribution in [1.82, 2.24) is 0 Å². The molecule has 2 rings (SSSR count). The van der Waals surface area contributed by atoms with Gasteiger partial charge in [0.15, 0.2) is 6.10 Å². The highest BCUT2D eigenvalue weighted by Crippen LogP contribution is 2.22. The molecule has 1 amide bonds. The van der Waals surface area contributed by atoms with Crippen LogP contribution in [0, 0.1) is 10.1 Å². The number of ether oxygens (including phenoxy) is 1. The van der Waals surface area contributed by atoms with E-state index >= 15 is 0 Å². The molecule has 0 aliphatic rings. The Morgan fingerprint density at radius 3 is 2.56 bits per heavy atom. The van der Waals surface area contributed by atoms with Gasteiger partial charge in [-0.3, -0.25) is 14.9 Å². The van der Waals surface area contributed by atoms with Crippen LogP contribution < -0.4 is 11.1 Å². The van der Waals surface area contributed by atoms with Crippen molar-refractivity contribution in [3.05, 3.63) is 63.2 Å². The summed E-state index contributed by atoms with van der Waals surface area (Å²) in [6.07, 6.45) is -1.13. The molecule has 25 heavy (non-hydrogen) atoms.